The third-order valence-corrected chi connectivity index (χ3v) is 2.16. The van der Waals surface area contributed by atoms with E-state index in [1.54, 1.807) is 6.92 Å². The van der Waals surface area contributed by atoms with Gasteiger partial charge in [-0.25, -0.2) is 0 Å². The van der Waals surface area contributed by atoms with Crippen LogP contribution in [0.4, 0.5) is 5.69 Å². The molecule has 16 heavy (non-hydrogen) atoms. The van der Waals surface area contributed by atoms with Crippen LogP contribution in [0.3, 0.4) is 0 Å². The number of carbonyl (C=O) groups is 1. The van der Waals surface area contributed by atoms with Gasteiger partial charge in [0.15, 0.2) is 0 Å². The largest absolute Gasteiger partial charge is 0.481 e. The highest BCUT2D eigenvalue weighted by atomic mass is 16.4. The number of aliphatic carboxylic acids is 1. The van der Waals surface area contributed by atoms with Crippen LogP contribution in [0, 0.1) is 11.8 Å². The molecule has 0 atom stereocenters. The van der Waals surface area contributed by atoms with Crippen LogP contribution in [0.5, 0.6) is 0 Å². The Morgan fingerprint density at radius 1 is 1.38 bits per heavy atom. The summed E-state index contributed by atoms with van der Waals surface area (Å²) in [4.78, 5) is 12.5. The minimum Gasteiger partial charge on any atom is -0.481 e. The fourth-order valence-electron chi connectivity index (χ4n) is 1.34. The van der Waals surface area contributed by atoms with E-state index < -0.39 is 5.97 Å². The minimum atomic E-state index is -0.787. The predicted octanol–water partition coefficient (Wildman–Crippen LogP) is 1.99. The first-order valence-corrected chi connectivity index (χ1v) is 5.15. The van der Waals surface area contributed by atoms with Crippen LogP contribution >= 0.6 is 0 Å². The molecule has 3 heteroatoms. The number of rotatable bonds is 5. The molecule has 0 saturated carbocycles. The van der Waals surface area contributed by atoms with Crippen LogP contribution in [0.25, 0.3) is 0 Å². The van der Waals surface area contributed by atoms with Gasteiger partial charge in [-0.3, -0.25) is 4.79 Å². The van der Waals surface area contributed by atoms with Crippen molar-refractivity contribution >= 4 is 11.7 Å². The summed E-state index contributed by atoms with van der Waals surface area (Å²) in [6.07, 6.45) is 0.125. The van der Waals surface area contributed by atoms with Gasteiger partial charge in [-0.05, 0) is 19.1 Å². The van der Waals surface area contributed by atoms with Crippen molar-refractivity contribution in [3.63, 3.8) is 0 Å². The van der Waals surface area contributed by atoms with Gasteiger partial charge in [-0.2, -0.15) is 0 Å². The maximum atomic E-state index is 10.5. The maximum Gasteiger partial charge on any atom is 0.305 e. The Kier molecular flexibility index (Phi) is 4.94. The first-order chi connectivity index (χ1) is 7.74. The van der Waals surface area contributed by atoms with Crippen LogP contribution in [0.1, 0.15) is 13.3 Å². The fraction of sp³-hybridized carbons (Fsp3) is 0.308. The Bertz CT molecular complexity index is 389. The van der Waals surface area contributed by atoms with Crippen LogP contribution in [0.2, 0.25) is 0 Å². The van der Waals surface area contributed by atoms with E-state index in [2.05, 4.69) is 11.8 Å². The first kappa shape index (κ1) is 12.1. The van der Waals surface area contributed by atoms with Gasteiger partial charge in [0.05, 0.1) is 13.0 Å². The van der Waals surface area contributed by atoms with Gasteiger partial charge < -0.3 is 10.0 Å². The van der Waals surface area contributed by atoms with Crippen molar-refractivity contribution in [1.29, 1.82) is 0 Å². The van der Waals surface area contributed by atoms with Crippen LogP contribution in [-0.4, -0.2) is 24.2 Å². The average Bonchev–Trinajstić information content (AvgIpc) is 2.30. The molecule has 3 nitrogen and oxygen atoms in total. The molecule has 84 valence electrons. The Hall–Kier alpha value is -1.95. The molecule has 0 aliphatic heterocycles. The second kappa shape index (κ2) is 6.52. The summed E-state index contributed by atoms with van der Waals surface area (Å²) in [6.45, 7) is 2.82. The summed E-state index contributed by atoms with van der Waals surface area (Å²) in [5.41, 5.74) is 1.01. The summed E-state index contributed by atoms with van der Waals surface area (Å²) < 4.78 is 0. The fourth-order valence-corrected chi connectivity index (χ4v) is 1.34. The van der Waals surface area contributed by atoms with Gasteiger partial charge in [0.1, 0.15) is 0 Å². The van der Waals surface area contributed by atoms with E-state index in [-0.39, 0.29) is 6.42 Å². The molecule has 0 amide bonds. The van der Waals surface area contributed by atoms with Crippen LogP contribution in [-0.2, 0) is 4.79 Å². The number of benzene rings is 1. The van der Waals surface area contributed by atoms with E-state index in [4.69, 9.17) is 5.11 Å². The van der Waals surface area contributed by atoms with Gasteiger partial charge in [0, 0.05) is 12.2 Å². The van der Waals surface area contributed by atoms with Crippen molar-refractivity contribution < 1.29 is 9.90 Å². The topological polar surface area (TPSA) is 40.5 Å². The van der Waals surface area contributed by atoms with Crippen molar-refractivity contribution in [2.75, 3.05) is 18.0 Å². The van der Waals surface area contributed by atoms with E-state index in [9.17, 15) is 4.79 Å². The quantitative estimate of drug-likeness (QED) is 0.767. The lowest BCUT2D eigenvalue weighted by molar-refractivity contribution is -0.136. The van der Waals surface area contributed by atoms with E-state index >= 15 is 0 Å². The van der Waals surface area contributed by atoms with Crippen molar-refractivity contribution in [2.24, 2.45) is 0 Å². The Morgan fingerprint density at radius 2 is 2.06 bits per heavy atom. The van der Waals surface area contributed by atoms with Crippen molar-refractivity contribution in [3.8, 4) is 11.8 Å². The standard InChI is InChI=1S/C13H15NO2/c1-2-3-10-14(11-9-13(15)16)12-7-5-4-6-8-12/h4-8H,9-11H2,1H3,(H,15,16). The highest BCUT2D eigenvalue weighted by Crippen LogP contribution is 2.12. The summed E-state index contributed by atoms with van der Waals surface area (Å²) in [6, 6.07) is 9.72. The predicted molar refractivity (Wildman–Crippen MR) is 64.4 cm³/mol. The zero-order valence-corrected chi connectivity index (χ0v) is 9.31. The molecular formula is C13H15NO2. The van der Waals surface area contributed by atoms with E-state index in [0.717, 1.165) is 5.69 Å². The summed E-state index contributed by atoms with van der Waals surface area (Å²) in [7, 11) is 0. The number of hydrogen-bond donors (Lipinski definition) is 1. The van der Waals surface area contributed by atoms with Crippen LogP contribution < -0.4 is 4.90 Å². The van der Waals surface area contributed by atoms with Gasteiger partial charge in [0.2, 0.25) is 0 Å². The number of nitrogens with zero attached hydrogens (tertiary/aromatic N) is 1. The number of hydrogen-bond acceptors (Lipinski definition) is 2. The molecule has 1 aromatic rings. The maximum absolute atomic E-state index is 10.5. The Morgan fingerprint density at radius 3 is 2.62 bits per heavy atom. The van der Waals surface area contributed by atoms with Gasteiger partial charge in [-0.15, -0.1) is 5.92 Å². The van der Waals surface area contributed by atoms with E-state index in [1.165, 1.54) is 0 Å². The van der Waals surface area contributed by atoms with Gasteiger partial charge >= 0.3 is 5.97 Å². The van der Waals surface area contributed by atoms with Crippen molar-refractivity contribution in [1.82, 2.24) is 0 Å². The zero-order chi connectivity index (χ0) is 11.8. The van der Waals surface area contributed by atoms with E-state index in [1.807, 2.05) is 35.2 Å². The smallest absolute Gasteiger partial charge is 0.305 e. The van der Waals surface area contributed by atoms with E-state index in [0.29, 0.717) is 13.1 Å². The number of carboxylic acid groups (broad SMARTS) is 1. The van der Waals surface area contributed by atoms with Gasteiger partial charge in [-0.1, -0.05) is 24.1 Å². The molecule has 0 heterocycles. The molecule has 1 rings (SSSR count). The summed E-state index contributed by atoms with van der Waals surface area (Å²) >= 11 is 0. The molecule has 0 aliphatic rings. The zero-order valence-electron chi connectivity index (χ0n) is 9.31. The number of carboxylic acids is 1. The molecule has 0 spiro atoms. The number of anilines is 1. The minimum absolute atomic E-state index is 0.125. The van der Waals surface area contributed by atoms with Gasteiger partial charge in [0.25, 0.3) is 0 Å². The molecule has 0 aliphatic carbocycles. The summed E-state index contributed by atoms with van der Waals surface area (Å²) in [5.74, 6) is 4.98. The molecule has 0 saturated heterocycles. The molecule has 0 unspecified atom stereocenters. The van der Waals surface area contributed by atoms with Crippen molar-refractivity contribution in [2.45, 2.75) is 13.3 Å². The number of para-hydroxylation sites is 1. The molecule has 0 radical (unpaired) electrons. The lowest BCUT2D eigenvalue weighted by Gasteiger charge is -2.21. The lowest BCUT2D eigenvalue weighted by atomic mass is 10.2. The lowest BCUT2D eigenvalue weighted by Crippen LogP contribution is -2.26. The molecule has 0 aromatic heterocycles. The second-order valence-electron chi connectivity index (χ2n) is 3.33. The third-order valence-electron chi connectivity index (χ3n) is 2.16. The molecule has 0 fully saturated rings. The molecule has 0 bridgehead atoms. The Balaban J connectivity index is 2.69. The Labute approximate surface area is 95.7 Å². The van der Waals surface area contributed by atoms with Crippen molar-refractivity contribution in [3.05, 3.63) is 30.3 Å². The average molecular weight is 217 g/mol. The second-order valence-corrected chi connectivity index (χ2v) is 3.33. The molecular weight excluding hydrogens is 202 g/mol. The highest BCUT2D eigenvalue weighted by Gasteiger charge is 2.06. The molecule has 1 aromatic carbocycles. The van der Waals surface area contributed by atoms with Crippen LogP contribution in [0.15, 0.2) is 30.3 Å². The normalized spacial score (nSPS) is 9.06. The summed E-state index contributed by atoms with van der Waals surface area (Å²) in [5, 5.41) is 8.67. The third kappa shape index (κ3) is 4.05. The monoisotopic (exact) mass is 217 g/mol. The SMILES string of the molecule is CC#CCN(CCC(=O)O)c1ccccc1. The highest BCUT2D eigenvalue weighted by molar-refractivity contribution is 5.67. The molecule has 1 N–H and O–H groups in total. The first-order valence-electron chi connectivity index (χ1n) is 5.15.